The number of hydrogen-bond acceptors (Lipinski definition) is 5. The van der Waals surface area contributed by atoms with Gasteiger partial charge in [0.1, 0.15) is 0 Å². The third kappa shape index (κ3) is 4.61. The maximum Gasteiger partial charge on any atom is 0.0861 e. The summed E-state index contributed by atoms with van der Waals surface area (Å²) >= 11 is 1.63. The number of rotatable bonds is 5. The van der Waals surface area contributed by atoms with Gasteiger partial charge in [0.15, 0.2) is 0 Å². The molecule has 0 spiro atoms. The second kappa shape index (κ2) is 6.63. The van der Waals surface area contributed by atoms with E-state index in [1.807, 2.05) is 0 Å². The molecule has 5 heteroatoms. The Bertz CT molecular complexity index is 159. The van der Waals surface area contributed by atoms with Gasteiger partial charge in [-0.3, -0.25) is 0 Å². The summed E-state index contributed by atoms with van der Waals surface area (Å²) in [6.07, 6.45) is -0.328. The number of hydrogen-bond donors (Lipinski definition) is 2. The van der Waals surface area contributed by atoms with Crippen molar-refractivity contribution in [3.8, 4) is 0 Å². The predicted molar refractivity (Wildman–Crippen MR) is 57.7 cm³/mol. The summed E-state index contributed by atoms with van der Waals surface area (Å²) in [5.41, 5.74) is 0. The molecular formula is C9H19NO3S. The molecule has 1 fully saturated rings. The largest absolute Gasteiger partial charge is 0.394 e. The van der Waals surface area contributed by atoms with Crippen LogP contribution in [0.2, 0.25) is 0 Å². The summed E-state index contributed by atoms with van der Waals surface area (Å²) in [6.45, 7) is 2.60. The van der Waals surface area contributed by atoms with E-state index in [4.69, 9.17) is 14.9 Å². The molecule has 84 valence electrons. The van der Waals surface area contributed by atoms with Crippen molar-refractivity contribution in [1.29, 1.82) is 0 Å². The number of aliphatic hydroxyl groups excluding tert-OH is 2. The Morgan fingerprint density at radius 2 is 2.43 bits per heavy atom. The van der Waals surface area contributed by atoms with Crippen molar-refractivity contribution in [2.24, 2.45) is 0 Å². The van der Waals surface area contributed by atoms with Gasteiger partial charge in [0.25, 0.3) is 0 Å². The number of thioether (sulfide) groups is 1. The zero-order chi connectivity index (χ0) is 10.4. The number of ether oxygens (including phenoxy) is 1. The molecule has 0 aromatic rings. The Morgan fingerprint density at radius 1 is 1.64 bits per heavy atom. The van der Waals surface area contributed by atoms with Gasteiger partial charge in [0.2, 0.25) is 0 Å². The molecule has 0 radical (unpaired) electrons. The van der Waals surface area contributed by atoms with Gasteiger partial charge in [-0.1, -0.05) is 0 Å². The maximum atomic E-state index is 9.12. The molecule has 1 saturated heterocycles. The molecule has 14 heavy (non-hydrogen) atoms. The van der Waals surface area contributed by atoms with E-state index in [-0.39, 0.29) is 12.7 Å². The highest BCUT2D eigenvalue weighted by molar-refractivity contribution is 7.99. The van der Waals surface area contributed by atoms with Crippen LogP contribution in [0.3, 0.4) is 0 Å². The van der Waals surface area contributed by atoms with E-state index in [0.717, 1.165) is 25.4 Å². The highest BCUT2D eigenvalue weighted by Crippen LogP contribution is 2.11. The summed E-state index contributed by atoms with van der Waals surface area (Å²) in [4.78, 5) is 2.25. The summed E-state index contributed by atoms with van der Waals surface area (Å²) in [6, 6.07) is 0. The summed E-state index contributed by atoms with van der Waals surface area (Å²) in [5, 5.41) is 17.7. The van der Waals surface area contributed by atoms with Crippen LogP contribution >= 0.6 is 11.8 Å². The highest BCUT2D eigenvalue weighted by Gasteiger charge is 2.17. The summed E-state index contributed by atoms with van der Waals surface area (Å²) in [7, 11) is 2.09. The highest BCUT2D eigenvalue weighted by atomic mass is 32.2. The Morgan fingerprint density at radius 3 is 3.07 bits per heavy atom. The number of nitrogens with zero attached hydrogens (tertiary/aromatic N) is 1. The zero-order valence-corrected chi connectivity index (χ0v) is 9.37. The minimum Gasteiger partial charge on any atom is -0.394 e. The predicted octanol–water partition coefficient (Wildman–Crippen LogP) is -0.597. The molecule has 1 aliphatic heterocycles. The molecular weight excluding hydrogens is 202 g/mol. The van der Waals surface area contributed by atoms with Crippen LogP contribution in [0.4, 0.5) is 0 Å². The van der Waals surface area contributed by atoms with Crippen molar-refractivity contribution < 1.29 is 14.9 Å². The lowest BCUT2D eigenvalue weighted by Crippen LogP contribution is -2.41. The fourth-order valence-corrected chi connectivity index (χ4v) is 2.33. The standard InChI is InChI=1S/C9H19NO3S/c1-10-2-3-13-9(4-10)7-14-6-8(12)5-11/h8-9,11-12H,2-7H2,1H3. The second-order valence-corrected chi connectivity index (χ2v) is 4.70. The average molecular weight is 221 g/mol. The van der Waals surface area contributed by atoms with Crippen molar-refractivity contribution in [3.05, 3.63) is 0 Å². The Labute approximate surface area is 89.2 Å². The first-order chi connectivity index (χ1) is 6.72. The fraction of sp³-hybridized carbons (Fsp3) is 1.00. The number of likely N-dealkylation sites (N-methyl/N-ethyl adjacent to an activating group) is 1. The maximum absolute atomic E-state index is 9.12. The SMILES string of the molecule is CN1CCOC(CSCC(O)CO)C1. The second-order valence-electron chi connectivity index (χ2n) is 3.63. The van der Waals surface area contributed by atoms with E-state index in [9.17, 15) is 0 Å². The summed E-state index contributed by atoms with van der Waals surface area (Å²) in [5.74, 6) is 1.47. The van der Waals surface area contributed by atoms with Crippen LogP contribution in [0, 0.1) is 0 Å². The molecule has 0 amide bonds. The van der Waals surface area contributed by atoms with E-state index in [0.29, 0.717) is 5.75 Å². The first kappa shape index (κ1) is 12.3. The molecule has 2 unspecified atom stereocenters. The molecule has 1 rings (SSSR count). The van der Waals surface area contributed by atoms with Crippen LogP contribution in [-0.2, 0) is 4.74 Å². The van der Waals surface area contributed by atoms with Crippen LogP contribution in [0.25, 0.3) is 0 Å². The minimum absolute atomic E-state index is 0.154. The average Bonchev–Trinajstić information content (AvgIpc) is 2.17. The molecule has 2 N–H and O–H groups in total. The van der Waals surface area contributed by atoms with Crippen LogP contribution in [0.15, 0.2) is 0 Å². The quantitative estimate of drug-likeness (QED) is 0.649. The van der Waals surface area contributed by atoms with Crippen LogP contribution in [0.5, 0.6) is 0 Å². The molecule has 0 aliphatic carbocycles. The van der Waals surface area contributed by atoms with Gasteiger partial charge in [0.05, 0.1) is 25.4 Å². The third-order valence-electron chi connectivity index (χ3n) is 2.17. The number of aliphatic hydroxyl groups is 2. The van der Waals surface area contributed by atoms with Gasteiger partial charge >= 0.3 is 0 Å². The Kier molecular flexibility index (Phi) is 5.81. The van der Waals surface area contributed by atoms with Gasteiger partial charge < -0.3 is 19.8 Å². The van der Waals surface area contributed by atoms with Crippen molar-refractivity contribution in [2.75, 3.05) is 44.9 Å². The molecule has 1 heterocycles. The lowest BCUT2D eigenvalue weighted by atomic mass is 10.3. The van der Waals surface area contributed by atoms with Crippen LogP contribution in [0.1, 0.15) is 0 Å². The molecule has 4 nitrogen and oxygen atoms in total. The molecule has 0 aromatic heterocycles. The zero-order valence-electron chi connectivity index (χ0n) is 8.56. The van der Waals surface area contributed by atoms with Gasteiger partial charge in [-0.05, 0) is 7.05 Å². The molecule has 0 aromatic carbocycles. The summed E-state index contributed by atoms with van der Waals surface area (Å²) < 4.78 is 5.56. The van der Waals surface area contributed by atoms with E-state index < -0.39 is 6.10 Å². The fourth-order valence-electron chi connectivity index (χ4n) is 1.36. The molecule has 1 aliphatic rings. The third-order valence-corrected chi connectivity index (χ3v) is 3.39. The first-order valence-corrected chi connectivity index (χ1v) is 6.04. The molecule has 0 saturated carbocycles. The van der Waals surface area contributed by atoms with Crippen LogP contribution in [-0.4, -0.2) is 72.2 Å². The normalized spacial score (nSPS) is 26.4. The minimum atomic E-state index is -0.596. The topological polar surface area (TPSA) is 52.9 Å². The lowest BCUT2D eigenvalue weighted by molar-refractivity contribution is -0.00605. The van der Waals surface area contributed by atoms with Gasteiger partial charge in [0, 0.05) is 24.6 Å². The van der Waals surface area contributed by atoms with Crippen LogP contribution < -0.4 is 0 Å². The monoisotopic (exact) mass is 221 g/mol. The van der Waals surface area contributed by atoms with Crippen molar-refractivity contribution >= 4 is 11.8 Å². The van der Waals surface area contributed by atoms with Gasteiger partial charge in [-0.15, -0.1) is 0 Å². The van der Waals surface area contributed by atoms with Gasteiger partial charge in [-0.2, -0.15) is 11.8 Å². The van der Waals surface area contributed by atoms with E-state index in [1.165, 1.54) is 0 Å². The molecule has 0 bridgehead atoms. The number of morpholine rings is 1. The van der Waals surface area contributed by atoms with E-state index >= 15 is 0 Å². The lowest BCUT2D eigenvalue weighted by Gasteiger charge is -2.29. The van der Waals surface area contributed by atoms with Crippen molar-refractivity contribution in [2.45, 2.75) is 12.2 Å². The Balaban J connectivity index is 2.05. The Hall–Kier alpha value is 0.190. The van der Waals surface area contributed by atoms with E-state index in [2.05, 4.69) is 11.9 Å². The smallest absolute Gasteiger partial charge is 0.0861 e. The van der Waals surface area contributed by atoms with Gasteiger partial charge in [-0.25, -0.2) is 0 Å². The first-order valence-electron chi connectivity index (χ1n) is 4.89. The molecule has 2 atom stereocenters. The van der Waals surface area contributed by atoms with Crippen molar-refractivity contribution in [1.82, 2.24) is 4.90 Å². The van der Waals surface area contributed by atoms with Crippen molar-refractivity contribution in [3.63, 3.8) is 0 Å². The van der Waals surface area contributed by atoms with E-state index in [1.54, 1.807) is 11.8 Å².